The fraction of sp³-hybridized carbons (Fsp3) is 0.182. The highest BCUT2D eigenvalue weighted by atomic mass is 79.9. The van der Waals surface area contributed by atoms with E-state index in [1.54, 1.807) is 17.1 Å². The minimum Gasteiger partial charge on any atom is -0.307 e. The molecule has 0 saturated heterocycles. The van der Waals surface area contributed by atoms with Crippen LogP contribution in [0.15, 0.2) is 23.1 Å². The predicted molar refractivity (Wildman–Crippen MR) is 75.1 cm³/mol. The Kier molecular flexibility index (Phi) is 2.76. The molecule has 3 rings (SSSR count). The number of aromatic nitrogens is 5. The number of fused-ring (bicyclic) bond motifs is 1. The lowest BCUT2D eigenvalue weighted by molar-refractivity contribution is 0.803. The Labute approximate surface area is 117 Å². The molecule has 0 saturated carbocycles. The van der Waals surface area contributed by atoms with Crippen LogP contribution in [-0.2, 0) is 0 Å². The Morgan fingerprint density at radius 2 is 2.16 bits per heavy atom. The maximum absolute atomic E-state index is 5.44. The number of nitrogens with two attached hydrogens (primary N) is 1. The number of hydrogen-bond donors (Lipinski definition) is 2. The molecule has 0 unspecified atom stereocenters. The zero-order valence-electron chi connectivity index (χ0n) is 10.4. The van der Waals surface area contributed by atoms with Gasteiger partial charge in [0.15, 0.2) is 17.3 Å². The van der Waals surface area contributed by atoms with Gasteiger partial charge < -0.3 is 9.83 Å². The first-order chi connectivity index (χ1) is 9.11. The van der Waals surface area contributed by atoms with Crippen LogP contribution in [0.3, 0.4) is 0 Å². The van der Waals surface area contributed by atoms with Crippen molar-refractivity contribution >= 4 is 27.4 Å². The van der Waals surface area contributed by atoms with Crippen LogP contribution in [0, 0.1) is 13.8 Å². The zero-order chi connectivity index (χ0) is 13.6. The summed E-state index contributed by atoms with van der Waals surface area (Å²) in [6, 6.07) is 0. The van der Waals surface area contributed by atoms with Gasteiger partial charge in [-0.2, -0.15) is 5.10 Å². The van der Waals surface area contributed by atoms with Crippen molar-refractivity contribution < 1.29 is 0 Å². The first kappa shape index (κ1) is 12.1. The number of hydrogen-bond acceptors (Lipinski definition) is 5. The minimum atomic E-state index is 0.546. The van der Waals surface area contributed by atoms with Gasteiger partial charge in [-0.15, -0.1) is 0 Å². The van der Waals surface area contributed by atoms with Gasteiger partial charge >= 0.3 is 0 Å². The van der Waals surface area contributed by atoms with Crippen molar-refractivity contribution in [1.82, 2.24) is 24.1 Å². The molecule has 0 radical (unpaired) electrons. The summed E-state index contributed by atoms with van der Waals surface area (Å²) >= 11 is 3.51. The highest BCUT2D eigenvalue weighted by Gasteiger charge is 2.15. The number of aryl methyl sites for hydroxylation is 1. The molecule has 19 heavy (non-hydrogen) atoms. The summed E-state index contributed by atoms with van der Waals surface area (Å²) in [5.74, 6) is 6.62. The summed E-state index contributed by atoms with van der Waals surface area (Å²) in [6.45, 7) is 3.90. The van der Waals surface area contributed by atoms with Crippen molar-refractivity contribution in [2.45, 2.75) is 13.8 Å². The topological polar surface area (TPSA) is 86.1 Å². The third kappa shape index (κ3) is 1.80. The Balaban J connectivity index is 2.34. The Hall–Kier alpha value is -1.93. The van der Waals surface area contributed by atoms with Crippen LogP contribution < -0.4 is 11.3 Å². The van der Waals surface area contributed by atoms with Crippen LogP contribution in [0.2, 0.25) is 0 Å². The summed E-state index contributed by atoms with van der Waals surface area (Å²) < 4.78 is 4.56. The molecule has 0 aliphatic heterocycles. The van der Waals surface area contributed by atoms with Crippen LogP contribution >= 0.6 is 15.9 Å². The molecule has 3 aromatic rings. The SMILES string of the molecule is Cc1nn(-c2nc(NN)cn3ccnc23)c(C)c1Br. The number of hydrazine groups is 1. The molecule has 3 aromatic heterocycles. The smallest absolute Gasteiger partial charge is 0.199 e. The predicted octanol–water partition coefficient (Wildman–Crippen LogP) is 1.58. The van der Waals surface area contributed by atoms with Crippen LogP contribution in [0.4, 0.5) is 5.82 Å². The molecule has 0 spiro atoms. The Morgan fingerprint density at radius 3 is 2.79 bits per heavy atom. The van der Waals surface area contributed by atoms with Crippen LogP contribution in [0.5, 0.6) is 0 Å². The van der Waals surface area contributed by atoms with Crippen molar-refractivity contribution in [1.29, 1.82) is 0 Å². The van der Waals surface area contributed by atoms with E-state index in [9.17, 15) is 0 Å². The maximum atomic E-state index is 5.44. The van der Waals surface area contributed by atoms with Gasteiger partial charge in [0.1, 0.15) is 0 Å². The molecular formula is C11H12BrN7. The minimum absolute atomic E-state index is 0.546. The van der Waals surface area contributed by atoms with Gasteiger partial charge in [-0.25, -0.2) is 20.5 Å². The van der Waals surface area contributed by atoms with Gasteiger partial charge in [0.05, 0.1) is 22.1 Å². The lowest BCUT2D eigenvalue weighted by Crippen LogP contribution is -2.13. The van der Waals surface area contributed by atoms with Crippen molar-refractivity contribution in [2.75, 3.05) is 5.43 Å². The molecule has 98 valence electrons. The Bertz CT molecular complexity index is 758. The van der Waals surface area contributed by atoms with E-state index in [0.29, 0.717) is 11.6 Å². The maximum Gasteiger partial charge on any atom is 0.199 e. The zero-order valence-corrected chi connectivity index (χ0v) is 12.0. The number of nitrogen functional groups attached to an aromatic ring is 1. The summed E-state index contributed by atoms with van der Waals surface area (Å²) in [4.78, 5) is 8.74. The second-order valence-corrected chi connectivity index (χ2v) is 4.94. The standard InChI is InChI=1S/C11H12BrN7/c1-6-9(12)7(2)19(17-6)11-10-14-3-4-18(10)5-8(15-11)16-13/h3-5,16H,13H2,1-2H3. The number of imidazole rings is 1. The summed E-state index contributed by atoms with van der Waals surface area (Å²) in [7, 11) is 0. The van der Waals surface area contributed by atoms with E-state index in [-0.39, 0.29) is 0 Å². The molecule has 0 atom stereocenters. The third-order valence-electron chi connectivity index (χ3n) is 2.91. The number of rotatable bonds is 2. The van der Waals surface area contributed by atoms with Gasteiger partial charge in [0.2, 0.25) is 0 Å². The van der Waals surface area contributed by atoms with Crippen molar-refractivity contribution in [3.05, 3.63) is 34.5 Å². The van der Waals surface area contributed by atoms with Crippen LogP contribution in [0.25, 0.3) is 11.5 Å². The fourth-order valence-corrected chi connectivity index (χ4v) is 2.20. The fourth-order valence-electron chi connectivity index (χ4n) is 1.96. The summed E-state index contributed by atoms with van der Waals surface area (Å²) in [5.41, 5.74) is 5.13. The largest absolute Gasteiger partial charge is 0.307 e. The highest BCUT2D eigenvalue weighted by molar-refractivity contribution is 9.10. The van der Waals surface area contributed by atoms with Gasteiger partial charge in [-0.05, 0) is 29.8 Å². The molecule has 0 aliphatic rings. The molecular weight excluding hydrogens is 310 g/mol. The van der Waals surface area contributed by atoms with Crippen molar-refractivity contribution in [3.8, 4) is 5.82 Å². The van der Waals surface area contributed by atoms with E-state index < -0.39 is 0 Å². The molecule has 7 nitrogen and oxygen atoms in total. The summed E-state index contributed by atoms with van der Waals surface area (Å²) in [5, 5.41) is 4.47. The van der Waals surface area contributed by atoms with Gasteiger partial charge in [0.25, 0.3) is 0 Å². The molecule has 0 fully saturated rings. The Morgan fingerprint density at radius 1 is 1.37 bits per heavy atom. The molecule has 0 amide bonds. The van der Waals surface area contributed by atoms with E-state index >= 15 is 0 Å². The normalized spacial score (nSPS) is 11.2. The number of nitrogens with one attached hydrogen (secondary N) is 1. The number of anilines is 1. The van der Waals surface area contributed by atoms with Gasteiger partial charge in [0, 0.05) is 12.4 Å². The molecule has 0 aromatic carbocycles. The van der Waals surface area contributed by atoms with E-state index in [1.807, 2.05) is 24.4 Å². The number of halogens is 1. The van der Waals surface area contributed by atoms with E-state index in [4.69, 9.17) is 5.84 Å². The van der Waals surface area contributed by atoms with E-state index in [0.717, 1.165) is 21.5 Å². The molecule has 0 bridgehead atoms. The average Bonchev–Trinajstić information content (AvgIpc) is 2.98. The number of nitrogens with zero attached hydrogens (tertiary/aromatic N) is 5. The highest BCUT2D eigenvalue weighted by Crippen LogP contribution is 2.24. The van der Waals surface area contributed by atoms with Crippen LogP contribution in [0.1, 0.15) is 11.4 Å². The second-order valence-electron chi connectivity index (χ2n) is 4.15. The van der Waals surface area contributed by atoms with Crippen molar-refractivity contribution in [2.24, 2.45) is 5.84 Å². The second kappa shape index (κ2) is 4.32. The van der Waals surface area contributed by atoms with E-state index in [2.05, 4.69) is 36.4 Å². The van der Waals surface area contributed by atoms with Gasteiger partial charge in [-0.3, -0.25) is 0 Å². The molecule has 8 heteroatoms. The summed E-state index contributed by atoms with van der Waals surface area (Å²) in [6.07, 6.45) is 5.32. The monoisotopic (exact) mass is 321 g/mol. The molecule has 3 heterocycles. The quantitative estimate of drug-likeness (QED) is 0.553. The molecule has 3 N–H and O–H groups in total. The van der Waals surface area contributed by atoms with Crippen molar-refractivity contribution in [3.63, 3.8) is 0 Å². The van der Waals surface area contributed by atoms with E-state index in [1.165, 1.54) is 0 Å². The first-order valence-corrected chi connectivity index (χ1v) is 6.43. The molecule has 0 aliphatic carbocycles. The third-order valence-corrected chi connectivity index (χ3v) is 4.06. The first-order valence-electron chi connectivity index (χ1n) is 5.64. The van der Waals surface area contributed by atoms with Crippen LogP contribution in [-0.4, -0.2) is 24.1 Å². The lowest BCUT2D eigenvalue weighted by atomic mass is 10.4. The van der Waals surface area contributed by atoms with Gasteiger partial charge in [-0.1, -0.05) is 0 Å². The lowest BCUT2D eigenvalue weighted by Gasteiger charge is -2.08. The average molecular weight is 322 g/mol.